The number of carboxylic acid groups (broad SMARTS) is 1. The second-order valence-corrected chi connectivity index (χ2v) is 10.3. The summed E-state index contributed by atoms with van der Waals surface area (Å²) in [6.07, 6.45) is 3.68. The van der Waals surface area contributed by atoms with E-state index in [-0.39, 0.29) is 25.2 Å². The summed E-state index contributed by atoms with van der Waals surface area (Å²) in [5, 5.41) is 28.4. The van der Waals surface area contributed by atoms with Crippen LogP contribution in [0.15, 0.2) is 43.0 Å². The van der Waals surface area contributed by atoms with Gasteiger partial charge in [0, 0.05) is 41.8 Å². The van der Waals surface area contributed by atoms with Crippen LogP contribution in [-0.4, -0.2) is 79.1 Å². The average molecular weight is 556 g/mol. The van der Waals surface area contributed by atoms with E-state index in [0.717, 1.165) is 10.9 Å². The molecule has 5 atom stereocenters. The van der Waals surface area contributed by atoms with Gasteiger partial charge in [-0.05, 0) is 30.9 Å². The number of aliphatic hydroxyl groups excluding tert-OH is 1. The van der Waals surface area contributed by atoms with Crippen molar-refractivity contribution in [3.63, 3.8) is 0 Å². The Bertz CT molecular complexity index is 1300. The quantitative estimate of drug-likeness (QED) is 0.135. The molecule has 0 spiro atoms. The molecule has 0 aliphatic carbocycles. The Labute approximate surface area is 231 Å². The number of aromatic nitrogens is 3. The number of aliphatic carboxylic acids is 1. The Morgan fingerprint density at radius 3 is 2.27 bits per heavy atom. The fraction of sp³-hybridized carbons (Fsp3) is 0.444. The van der Waals surface area contributed by atoms with E-state index in [1.807, 2.05) is 38.1 Å². The summed E-state index contributed by atoms with van der Waals surface area (Å²) in [6.45, 7) is 4.99. The number of para-hydroxylation sites is 1. The number of rotatable bonds is 14. The lowest BCUT2D eigenvalue weighted by molar-refractivity contribution is -0.143. The molecule has 13 heteroatoms. The number of aromatic amines is 2. The van der Waals surface area contributed by atoms with Gasteiger partial charge in [-0.25, -0.2) is 9.78 Å². The normalized spacial score (nSPS) is 15.2. The van der Waals surface area contributed by atoms with Crippen LogP contribution >= 0.6 is 0 Å². The van der Waals surface area contributed by atoms with Crippen molar-refractivity contribution in [3.05, 3.63) is 54.2 Å². The van der Waals surface area contributed by atoms with Crippen LogP contribution in [0.5, 0.6) is 0 Å². The number of nitrogens with one attached hydrogen (secondary N) is 5. The molecule has 0 bridgehead atoms. The number of carboxylic acids is 1. The number of nitrogens with zero attached hydrogens (tertiary/aromatic N) is 1. The van der Waals surface area contributed by atoms with Crippen LogP contribution in [0.2, 0.25) is 0 Å². The van der Waals surface area contributed by atoms with Crippen LogP contribution < -0.4 is 21.7 Å². The lowest BCUT2D eigenvalue weighted by atomic mass is 10.0. The molecule has 3 aromatic rings. The molecule has 0 aliphatic rings. The van der Waals surface area contributed by atoms with Crippen molar-refractivity contribution in [2.45, 2.75) is 70.3 Å². The number of hydrogen-bond acceptors (Lipinski definition) is 7. The van der Waals surface area contributed by atoms with Gasteiger partial charge in [-0.15, -0.1) is 0 Å². The Balaban J connectivity index is 1.80. The molecular weight excluding hydrogens is 518 g/mol. The van der Waals surface area contributed by atoms with Crippen LogP contribution in [0.3, 0.4) is 0 Å². The summed E-state index contributed by atoms with van der Waals surface area (Å²) in [5.74, 6) is -3.43. The van der Waals surface area contributed by atoms with Gasteiger partial charge in [0.05, 0.1) is 18.5 Å². The van der Waals surface area contributed by atoms with Crippen LogP contribution in [0.4, 0.5) is 0 Å². The monoisotopic (exact) mass is 555 g/mol. The highest BCUT2D eigenvalue weighted by atomic mass is 16.4. The number of imidazole rings is 1. The van der Waals surface area contributed by atoms with Crippen LogP contribution in [0.25, 0.3) is 10.9 Å². The molecule has 0 fully saturated rings. The topological polar surface area (TPSA) is 215 Å². The maximum atomic E-state index is 13.4. The number of fused-ring (bicyclic) bond motifs is 1. The number of carbonyl (C=O) groups excluding carboxylic acids is 3. The molecule has 0 aliphatic heterocycles. The molecule has 3 rings (SSSR count). The van der Waals surface area contributed by atoms with Gasteiger partial charge in [-0.2, -0.15) is 0 Å². The Morgan fingerprint density at radius 2 is 1.65 bits per heavy atom. The Morgan fingerprint density at radius 1 is 0.950 bits per heavy atom. The van der Waals surface area contributed by atoms with E-state index in [4.69, 9.17) is 5.73 Å². The van der Waals surface area contributed by atoms with E-state index in [1.54, 1.807) is 6.20 Å². The van der Waals surface area contributed by atoms with Gasteiger partial charge in [0.1, 0.15) is 18.1 Å². The van der Waals surface area contributed by atoms with E-state index >= 15 is 0 Å². The zero-order valence-electron chi connectivity index (χ0n) is 22.7. The van der Waals surface area contributed by atoms with Crippen LogP contribution in [-0.2, 0) is 32.0 Å². The molecule has 3 amide bonds. The number of hydrogen-bond donors (Lipinski definition) is 8. The minimum absolute atomic E-state index is 0.0103. The minimum Gasteiger partial charge on any atom is -0.480 e. The molecule has 0 saturated carbocycles. The Hall–Kier alpha value is -4.23. The first kappa shape index (κ1) is 30.3. The molecule has 1 aromatic carbocycles. The first-order chi connectivity index (χ1) is 19.0. The average Bonchev–Trinajstić information content (AvgIpc) is 3.55. The molecule has 0 saturated heterocycles. The SMILES string of the molecule is CC(C)CC(NC(=O)C(Cc1c[nH]c2ccccc12)NC(=O)C(NC(=O)C(N)Cc1cnc[nH]1)C(C)O)C(=O)O. The second-order valence-electron chi connectivity index (χ2n) is 10.3. The minimum atomic E-state index is -1.43. The number of benzene rings is 1. The summed E-state index contributed by atoms with van der Waals surface area (Å²) >= 11 is 0. The highest BCUT2D eigenvalue weighted by Gasteiger charge is 2.33. The Kier molecular flexibility index (Phi) is 10.4. The summed E-state index contributed by atoms with van der Waals surface area (Å²) in [5.41, 5.74) is 8.13. The molecule has 2 aromatic heterocycles. The third-order valence-corrected chi connectivity index (χ3v) is 6.45. The van der Waals surface area contributed by atoms with Gasteiger partial charge in [-0.1, -0.05) is 32.0 Å². The number of nitrogens with two attached hydrogens (primary N) is 1. The lowest BCUT2D eigenvalue weighted by Gasteiger charge is -2.26. The molecule has 5 unspecified atom stereocenters. The fourth-order valence-corrected chi connectivity index (χ4v) is 4.35. The summed E-state index contributed by atoms with van der Waals surface area (Å²) in [6, 6.07) is 2.57. The van der Waals surface area contributed by atoms with Crippen molar-refractivity contribution in [2.24, 2.45) is 11.7 Å². The van der Waals surface area contributed by atoms with Crippen LogP contribution in [0, 0.1) is 5.92 Å². The van der Waals surface area contributed by atoms with Gasteiger partial charge in [0.25, 0.3) is 0 Å². The van der Waals surface area contributed by atoms with Crippen LogP contribution in [0.1, 0.15) is 38.4 Å². The third kappa shape index (κ3) is 8.13. The van der Waals surface area contributed by atoms with Crippen molar-refractivity contribution >= 4 is 34.6 Å². The van der Waals surface area contributed by atoms with Gasteiger partial charge >= 0.3 is 5.97 Å². The summed E-state index contributed by atoms with van der Waals surface area (Å²) < 4.78 is 0. The maximum Gasteiger partial charge on any atom is 0.326 e. The highest BCUT2D eigenvalue weighted by molar-refractivity contribution is 5.95. The summed E-state index contributed by atoms with van der Waals surface area (Å²) in [4.78, 5) is 61.0. The predicted octanol–water partition coefficient (Wildman–Crippen LogP) is -0.0306. The van der Waals surface area contributed by atoms with E-state index in [0.29, 0.717) is 11.3 Å². The highest BCUT2D eigenvalue weighted by Crippen LogP contribution is 2.19. The second kappa shape index (κ2) is 13.7. The van der Waals surface area contributed by atoms with Gasteiger partial charge in [0.15, 0.2) is 0 Å². The number of aliphatic hydroxyl groups is 1. The lowest BCUT2D eigenvalue weighted by Crippen LogP contribution is -2.60. The van der Waals surface area contributed by atoms with E-state index in [2.05, 4.69) is 30.9 Å². The maximum absolute atomic E-state index is 13.4. The number of H-pyrrole nitrogens is 2. The number of amides is 3. The van der Waals surface area contributed by atoms with E-state index in [9.17, 15) is 29.4 Å². The molecule has 2 heterocycles. The van der Waals surface area contributed by atoms with Crippen molar-refractivity contribution in [1.82, 2.24) is 30.9 Å². The molecule has 0 radical (unpaired) electrons. The summed E-state index contributed by atoms with van der Waals surface area (Å²) in [7, 11) is 0. The van der Waals surface area contributed by atoms with Crippen molar-refractivity contribution in [3.8, 4) is 0 Å². The van der Waals surface area contributed by atoms with Gasteiger partial charge < -0.3 is 41.9 Å². The molecule has 9 N–H and O–H groups in total. The van der Waals surface area contributed by atoms with Gasteiger partial charge in [0.2, 0.25) is 17.7 Å². The fourth-order valence-electron chi connectivity index (χ4n) is 4.35. The van der Waals surface area contributed by atoms with E-state index in [1.165, 1.54) is 19.4 Å². The standard InChI is InChI=1S/C27H37N7O6/c1-14(2)8-22(27(39)40)33-25(37)21(9-16-11-30-20-7-5-4-6-18(16)20)32-26(38)23(15(3)35)34-24(36)19(28)10-17-12-29-13-31-17/h4-7,11-15,19,21-23,30,35H,8-10,28H2,1-3H3,(H,29,31)(H,32,38)(H,33,37)(H,34,36)(H,39,40). The smallest absolute Gasteiger partial charge is 0.326 e. The third-order valence-electron chi connectivity index (χ3n) is 6.45. The molecule has 13 nitrogen and oxygen atoms in total. The van der Waals surface area contributed by atoms with Crippen molar-refractivity contribution in [2.75, 3.05) is 0 Å². The largest absolute Gasteiger partial charge is 0.480 e. The zero-order valence-corrected chi connectivity index (χ0v) is 22.7. The van der Waals surface area contributed by atoms with Crippen molar-refractivity contribution < 1.29 is 29.4 Å². The van der Waals surface area contributed by atoms with Crippen molar-refractivity contribution in [1.29, 1.82) is 0 Å². The number of carbonyl (C=O) groups is 4. The van der Waals surface area contributed by atoms with Gasteiger partial charge in [-0.3, -0.25) is 14.4 Å². The first-order valence-corrected chi connectivity index (χ1v) is 13.1. The molecule has 40 heavy (non-hydrogen) atoms. The molecular formula is C27H37N7O6. The molecule has 216 valence electrons. The predicted molar refractivity (Wildman–Crippen MR) is 147 cm³/mol. The first-order valence-electron chi connectivity index (χ1n) is 13.1. The zero-order chi connectivity index (χ0) is 29.4. The van der Waals surface area contributed by atoms with E-state index < -0.39 is 54.0 Å².